The van der Waals surface area contributed by atoms with E-state index in [2.05, 4.69) is 82.7 Å². The van der Waals surface area contributed by atoms with E-state index < -0.39 is 0 Å². The lowest BCUT2D eigenvalue weighted by molar-refractivity contribution is -0.116. The van der Waals surface area contributed by atoms with Crippen LogP contribution in [0.5, 0.6) is 0 Å². The number of carbonyl (C=O) groups excluding carboxylic acids is 1. The second-order valence-corrected chi connectivity index (χ2v) is 8.33. The number of nitrogens with one attached hydrogen (secondary N) is 1. The van der Waals surface area contributed by atoms with Crippen molar-refractivity contribution in [2.75, 3.05) is 36.4 Å². The van der Waals surface area contributed by atoms with Crippen molar-refractivity contribution in [2.45, 2.75) is 26.3 Å². The van der Waals surface area contributed by atoms with Gasteiger partial charge in [-0.25, -0.2) is 0 Å². The molecule has 3 aromatic rings. The van der Waals surface area contributed by atoms with Crippen molar-refractivity contribution in [3.8, 4) is 0 Å². The van der Waals surface area contributed by atoms with Gasteiger partial charge in [0.05, 0.1) is 0 Å². The Morgan fingerprint density at radius 2 is 1.55 bits per heavy atom. The molecule has 1 fully saturated rings. The molecule has 4 rings (SSSR count). The highest BCUT2D eigenvalue weighted by Gasteiger charge is 2.17. The van der Waals surface area contributed by atoms with Gasteiger partial charge in [0.1, 0.15) is 0 Å². The summed E-state index contributed by atoms with van der Waals surface area (Å²) in [7, 11) is 0. The molecule has 3 aromatic carbocycles. The summed E-state index contributed by atoms with van der Waals surface area (Å²) in [6.07, 6.45) is 1.26. The van der Waals surface area contributed by atoms with Gasteiger partial charge in [-0.1, -0.05) is 60.2 Å². The molecule has 0 atom stereocenters. The molecule has 1 N–H and O–H groups in total. The van der Waals surface area contributed by atoms with Crippen LogP contribution in [0.1, 0.15) is 23.1 Å². The zero-order chi connectivity index (χ0) is 21.5. The molecule has 0 unspecified atom stereocenters. The summed E-state index contributed by atoms with van der Waals surface area (Å²) in [6.45, 7) is 7.26. The van der Waals surface area contributed by atoms with Crippen molar-refractivity contribution in [1.29, 1.82) is 0 Å². The highest BCUT2D eigenvalue weighted by Crippen LogP contribution is 2.20. The van der Waals surface area contributed by atoms with E-state index in [0.29, 0.717) is 6.42 Å². The van der Waals surface area contributed by atoms with Crippen molar-refractivity contribution in [3.63, 3.8) is 0 Å². The molecular weight excluding hydrogens is 382 g/mol. The van der Waals surface area contributed by atoms with E-state index in [1.807, 2.05) is 18.2 Å². The molecule has 31 heavy (non-hydrogen) atoms. The third-order valence-electron chi connectivity index (χ3n) is 5.86. The first-order valence-electron chi connectivity index (χ1n) is 11.1. The Morgan fingerprint density at radius 3 is 2.26 bits per heavy atom. The number of amides is 1. The van der Waals surface area contributed by atoms with Crippen LogP contribution in [-0.2, 0) is 17.8 Å². The standard InChI is InChI=1S/C27H31N3O/c1-22-6-5-9-23(20-22)10-15-27(31)28-25-11-13-26(14-12-25)30-18-16-29(17-19-30)21-24-7-3-2-4-8-24/h2-9,11-14,20H,10,15-19,21H2,1H3,(H,28,31). The molecular formula is C27H31N3O. The number of hydrogen-bond acceptors (Lipinski definition) is 3. The lowest BCUT2D eigenvalue weighted by Crippen LogP contribution is -2.45. The predicted octanol–water partition coefficient (Wildman–Crippen LogP) is 4.89. The first-order valence-corrected chi connectivity index (χ1v) is 11.1. The van der Waals surface area contributed by atoms with Crippen LogP contribution in [0.4, 0.5) is 11.4 Å². The molecule has 0 saturated carbocycles. The summed E-state index contributed by atoms with van der Waals surface area (Å²) in [5, 5.41) is 3.03. The second kappa shape index (κ2) is 10.3. The van der Waals surface area contributed by atoms with Crippen LogP contribution in [-0.4, -0.2) is 37.0 Å². The van der Waals surface area contributed by atoms with E-state index in [1.165, 1.54) is 22.4 Å². The third kappa shape index (κ3) is 6.19. The Bertz CT molecular complexity index is 977. The Labute approximate surface area is 185 Å². The van der Waals surface area contributed by atoms with Gasteiger partial charge in [0.25, 0.3) is 0 Å². The number of nitrogens with zero attached hydrogens (tertiary/aromatic N) is 2. The zero-order valence-electron chi connectivity index (χ0n) is 18.3. The number of aryl methyl sites for hydroxylation is 2. The van der Waals surface area contributed by atoms with Crippen molar-refractivity contribution in [1.82, 2.24) is 4.90 Å². The smallest absolute Gasteiger partial charge is 0.224 e. The van der Waals surface area contributed by atoms with Crippen molar-refractivity contribution >= 4 is 17.3 Å². The fraction of sp³-hybridized carbons (Fsp3) is 0.296. The van der Waals surface area contributed by atoms with Gasteiger partial charge in [0.15, 0.2) is 0 Å². The number of rotatable bonds is 7. The molecule has 0 aromatic heterocycles. The van der Waals surface area contributed by atoms with Crippen molar-refractivity contribution < 1.29 is 4.79 Å². The molecule has 1 aliphatic rings. The lowest BCUT2D eigenvalue weighted by Gasteiger charge is -2.36. The van der Waals surface area contributed by atoms with E-state index in [-0.39, 0.29) is 5.91 Å². The van der Waals surface area contributed by atoms with Crippen molar-refractivity contribution in [2.24, 2.45) is 0 Å². The molecule has 0 bridgehead atoms. The van der Waals surface area contributed by atoms with Crippen LogP contribution in [0.15, 0.2) is 78.9 Å². The molecule has 0 spiro atoms. The molecule has 1 amide bonds. The second-order valence-electron chi connectivity index (χ2n) is 8.33. The van der Waals surface area contributed by atoms with Crippen LogP contribution in [0, 0.1) is 6.92 Å². The molecule has 4 heteroatoms. The van der Waals surface area contributed by atoms with E-state index in [1.54, 1.807) is 0 Å². The predicted molar refractivity (Wildman–Crippen MR) is 129 cm³/mol. The minimum Gasteiger partial charge on any atom is -0.369 e. The summed E-state index contributed by atoms with van der Waals surface area (Å²) in [5.41, 5.74) is 5.89. The Kier molecular flexibility index (Phi) is 7.00. The molecule has 0 aliphatic carbocycles. The summed E-state index contributed by atoms with van der Waals surface area (Å²) >= 11 is 0. The molecule has 0 radical (unpaired) electrons. The molecule has 1 heterocycles. The van der Waals surface area contributed by atoms with Gasteiger partial charge in [0.2, 0.25) is 5.91 Å². The van der Waals surface area contributed by atoms with Gasteiger partial charge in [-0.3, -0.25) is 9.69 Å². The van der Waals surface area contributed by atoms with Gasteiger partial charge in [0, 0.05) is 50.5 Å². The van der Waals surface area contributed by atoms with Gasteiger partial charge in [-0.05, 0) is 48.7 Å². The summed E-state index contributed by atoms with van der Waals surface area (Å²) in [4.78, 5) is 17.2. The number of hydrogen-bond donors (Lipinski definition) is 1. The molecule has 160 valence electrons. The highest BCUT2D eigenvalue weighted by molar-refractivity contribution is 5.91. The summed E-state index contributed by atoms with van der Waals surface area (Å²) < 4.78 is 0. The zero-order valence-corrected chi connectivity index (χ0v) is 18.3. The maximum absolute atomic E-state index is 12.3. The highest BCUT2D eigenvalue weighted by atomic mass is 16.1. The third-order valence-corrected chi connectivity index (χ3v) is 5.86. The van der Waals surface area contributed by atoms with Crippen LogP contribution in [0.2, 0.25) is 0 Å². The normalized spacial score (nSPS) is 14.4. The first kappa shape index (κ1) is 21.1. The molecule has 1 aliphatic heterocycles. The average Bonchev–Trinajstić information content (AvgIpc) is 2.80. The topological polar surface area (TPSA) is 35.6 Å². The Hall–Kier alpha value is -3.11. The maximum atomic E-state index is 12.3. The Balaban J connectivity index is 1.23. The van der Waals surface area contributed by atoms with Gasteiger partial charge in [-0.15, -0.1) is 0 Å². The quantitative estimate of drug-likeness (QED) is 0.599. The van der Waals surface area contributed by atoms with Gasteiger partial charge < -0.3 is 10.2 Å². The largest absolute Gasteiger partial charge is 0.369 e. The van der Waals surface area contributed by atoms with Crippen LogP contribution >= 0.6 is 0 Å². The summed E-state index contributed by atoms with van der Waals surface area (Å²) in [5.74, 6) is 0.0591. The van der Waals surface area contributed by atoms with E-state index >= 15 is 0 Å². The van der Waals surface area contributed by atoms with Gasteiger partial charge >= 0.3 is 0 Å². The van der Waals surface area contributed by atoms with E-state index in [0.717, 1.165) is 44.8 Å². The van der Waals surface area contributed by atoms with Crippen LogP contribution in [0.3, 0.4) is 0 Å². The van der Waals surface area contributed by atoms with Crippen LogP contribution in [0.25, 0.3) is 0 Å². The van der Waals surface area contributed by atoms with Gasteiger partial charge in [-0.2, -0.15) is 0 Å². The number of anilines is 2. The SMILES string of the molecule is Cc1cccc(CCC(=O)Nc2ccc(N3CCN(Cc4ccccc4)CC3)cc2)c1. The molecule has 1 saturated heterocycles. The number of benzene rings is 3. The average molecular weight is 414 g/mol. The van der Waals surface area contributed by atoms with E-state index in [9.17, 15) is 4.79 Å². The van der Waals surface area contributed by atoms with Crippen LogP contribution < -0.4 is 10.2 Å². The number of carbonyl (C=O) groups is 1. The fourth-order valence-corrected chi connectivity index (χ4v) is 4.11. The van der Waals surface area contributed by atoms with Crippen molar-refractivity contribution in [3.05, 3.63) is 95.6 Å². The van der Waals surface area contributed by atoms with E-state index in [4.69, 9.17) is 0 Å². The maximum Gasteiger partial charge on any atom is 0.224 e. The number of piperazine rings is 1. The summed E-state index contributed by atoms with van der Waals surface area (Å²) in [6, 6.07) is 27.3. The molecule has 4 nitrogen and oxygen atoms in total. The minimum absolute atomic E-state index is 0.0591. The fourth-order valence-electron chi connectivity index (χ4n) is 4.11. The lowest BCUT2D eigenvalue weighted by atomic mass is 10.1. The monoisotopic (exact) mass is 413 g/mol. The Morgan fingerprint density at radius 1 is 0.839 bits per heavy atom. The first-order chi connectivity index (χ1) is 15.2. The minimum atomic E-state index is 0.0591.